The van der Waals surface area contributed by atoms with E-state index in [9.17, 15) is 19.7 Å². The summed E-state index contributed by atoms with van der Waals surface area (Å²) in [6.07, 6.45) is 3.21. The minimum Gasteiger partial charge on any atom is -0.493 e. The van der Waals surface area contributed by atoms with Crippen molar-refractivity contribution in [3.63, 3.8) is 0 Å². The van der Waals surface area contributed by atoms with Crippen molar-refractivity contribution in [2.24, 2.45) is 4.99 Å². The summed E-state index contributed by atoms with van der Waals surface area (Å²) < 4.78 is 25.8. The summed E-state index contributed by atoms with van der Waals surface area (Å²) in [6, 6.07) is 25.2. The molecule has 0 saturated heterocycles. The number of para-hydroxylation sites is 1. The molecule has 13 nitrogen and oxygen atoms in total. The molecule has 5 aromatic rings. The normalized spacial score (nSPS) is 17.4. The predicted octanol–water partition coefficient (Wildman–Crippen LogP) is 7.55. The van der Waals surface area contributed by atoms with Crippen molar-refractivity contribution in [1.82, 2.24) is 0 Å². The number of benzene rings is 5. The second-order valence-electron chi connectivity index (χ2n) is 14.6. The molecule has 4 heterocycles. The number of hydrogen-bond donors (Lipinski definition) is 0. The Morgan fingerprint density at radius 2 is 1.42 bits per heavy atom. The van der Waals surface area contributed by atoms with E-state index in [2.05, 4.69) is 21.5 Å². The average Bonchev–Trinajstić information content (AvgIpc) is 3.70. The molecule has 0 saturated carbocycles. The highest BCUT2D eigenvalue weighted by Gasteiger charge is 2.40. The van der Waals surface area contributed by atoms with Crippen molar-refractivity contribution >= 4 is 55.9 Å². The van der Waals surface area contributed by atoms with Gasteiger partial charge in [-0.2, -0.15) is 0 Å². The lowest BCUT2D eigenvalue weighted by Crippen LogP contribution is -2.40. The van der Waals surface area contributed by atoms with Crippen molar-refractivity contribution < 1.29 is 33.5 Å². The maximum atomic E-state index is 14.0. The average molecular weight is 784 g/mol. The van der Waals surface area contributed by atoms with Crippen LogP contribution < -0.4 is 33.4 Å². The van der Waals surface area contributed by atoms with E-state index in [0.717, 1.165) is 34.5 Å². The molecule has 0 aliphatic carbocycles. The first kappa shape index (κ1) is 36.2. The van der Waals surface area contributed by atoms with Gasteiger partial charge in [-0.25, -0.2) is 0 Å². The van der Waals surface area contributed by atoms with E-state index < -0.39 is 4.92 Å². The highest BCUT2D eigenvalue weighted by molar-refractivity contribution is 7.19. The van der Waals surface area contributed by atoms with Crippen LogP contribution in [0.3, 0.4) is 0 Å². The van der Waals surface area contributed by atoms with Crippen molar-refractivity contribution in [1.29, 1.82) is 0 Å². The van der Waals surface area contributed by atoms with E-state index in [0.29, 0.717) is 69.6 Å². The van der Waals surface area contributed by atoms with Gasteiger partial charge in [-0.3, -0.25) is 29.6 Å². The van der Waals surface area contributed by atoms with Crippen LogP contribution in [0.5, 0.6) is 23.0 Å². The Kier molecular flexibility index (Phi) is 9.04. The zero-order chi connectivity index (χ0) is 39.5. The molecule has 9 rings (SSSR count). The number of aryl methyl sites for hydroxylation is 1. The Bertz CT molecular complexity index is 2540. The number of carbonyl (C=O) groups is 2. The van der Waals surface area contributed by atoms with Crippen LogP contribution in [0.2, 0.25) is 0 Å². The number of anilines is 3. The summed E-state index contributed by atoms with van der Waals surface area (Å²) in [6.45, 7) is 2.54. The third kappa shape index (κ3) is 6.37. The number of nitro benzene ring substituents is 1. The third-order valence-electron chi connectivity index (χ3n) is 10.9. The molecular formula is C43H38N5O8P. The molecule has 14 heteroatoms. The zero-order valence-electron chi connectivity index (χ0n) is 31.4. The molecule has 4 aliphatic heterocycles. The molecular weight excluding hydrogens is 745 g/mol. The number of nitrogens with zero attached hydrogens (tertiary/aromatic N) is 5. The van der Waals surface area contributed by atoms with Gasteiger partial charge in [-0.1, -0.05) is 35.9 Å². The fraction of sp³-hybridized carbons (Fsp3) is 0.233. The number of amides is 2. The van der Waals surface area contributed by atoms with Crippen molar-refractivity contribution in [3.8, 4) is 23.0 Å². The van der Waals surface area contributed by atoms with Crippen LogP contribution in [0, 0.1) is 17.0 Å². The van der Waals surface area contributed by atoms with Gasteiger partial charge in [-0.15, -0.1) is 0 Å². The smallest absolute Gasteiger partial charge is 0.270 e. The summed E-state index contributed by atoms with van der Waals surface area (Å²) in [7, 11) is 5.72. The molecule has 57 heavy (non-hydrogen) atoms. The second-order valence-corrected chi connectivity index (χ2v) is 15.2. The molecule has 3 atom stereocenters. The van der Waals surface area contributed by atoms with Crippen molar-refractivity contribution in [2.75, 3.05) is 35.2 Å². The molecule has 1 unspecified atom stereocenters. The number of ether oxygens (including phenoxy) is 4. The number of methoxy groups -OCH3 is 2. The fourth-order valence-corrected chi connectivity index (χ4v) is 8.74. The van der Waals surface area contributed by atoms with Gasteiger partial charge in [-0.05, 0) is 75.3 Å². The maximum Gasteiger partial charge on any atom is 0.270 e. The van der Waals surface area contributed by atoms with Crippen LogP contribution in [0.4, 0.5) is 28.4 Å². The number of rotatable bonds is 9. The van der Waals surface area contributed by atoms with Gasteiger partial charge in [0.1, 0.15) is 13.2 Å². The second kappa shape index (κ2) is 14.2. The fourth-order valence-electron chi connectivity index (χ4n) is 8.29. The van der Waals surface area contributed by atoms with Crippen molar-refractivity contribution in [2.45, 2.75) is 45.1 Å². The van der Waals surface area contributed by atoms with E-state index in [1.54, 1.807) is 41.4 Å². The van der Waals surface area contributed by atoms with Crippen LogP contribution in [0.1, 0.15) is 48.5 Å². The monoisotopic (exact) mass is 783 g/mol. The first-order valence-corrected chi connectivity index (χ1v) is 19.0. The van der Waals surface area contributed by atoms with Crippen LogP contribution in [0.15, 0.2) is 89.9 Å². The molecule has 0 fully saturated rings. The van der Waals surface area contributed by atoms with Crippen LogP contribution in [-0.4, -0.2) is 55.8 Å². The molecule has 288 valence electrons. The Labute approximate surface area is 330 Å². The van der Waals surface area contributed by atoms with Crippen LogP contribution in [0.25, 0.3) is 0 Å². The topological polar surface area (TPSA) is 136 Å². The number of aliphatic imine (C=N–C) groups is 1. The van der Waals surface area contributed by atoms with E-state index in [4.69, 9.17) is 23.9 Å². The molecule has 0 bridgehead atoms. The van der Waals surface area contributed by atoms with Gasteiger partial charge >= 0.3 is 0 Å². The van der Waals surface area contributed by atoms with E-state index in [-0.39, 0.29) is 42.8 Å². The van der Waals surface area contributed by atoms with Crippen molar-refractivity contribution in [3.05, 3.63) is 134 Å². The largest absolute Gasteiger partial charge is 0.493 e. The van der Waals surface area contributed by atoms with Gasteiger partial charge in [0.2, 0.25) is 0 Å². The van der Waals surface area contributed by atoms with Crippen LogP contribution >= 0.6 is 9.39 Å². The SMILES string of the molecule is COc1cc2c(cc1OCc1cc(COc3cc4c(cc3OC)C(=O)N3c5ccccc5C[C@H]3CN4P)cc([N+](=O)[O-])c1)N=C[C@@H]1Cc3cc(C)ccc3N1C2=O. The summed E-state index contributed by atoms with van der Waals surface area (Å²) in [5, 5.41) is 12.1. The molecule has 0 radical (unpaired) electrons. The summed E-state index contributed by atoms with van der Waals surface area (Å²) in [5.74, 6) is 1.10. The molecule has 0 aromatic heterocycles. The first-order chi connectivity index (χ1) is 27.6. The molecule has 4 aliphatic rings. The Hall–Kier alpha value is -6.46. The predicted molar refractivity (Wildman–Crippen MR) is 219 cm³/mol. The number of non-ortho nitro benzene ring substituents is 1. The summed E-state index contributed by atoms with van der Waals surface area (Å²) in [4.78, 5) is 47.8. The van der Waals surface area contributed by atoms with E-state index in [1.807, 2.05) is 46.8 Å². The van der Waals surface area contributed by atoms with Gasteiger partial charge in [0, 0.05) is 54.8 Å². The van der Waals surface area contributed by atoms with Gasteiger partial charge in [0.05, 0.1) is 53.7 Å². The lowest BCUT2D eigenvalue weighted by molar-refractivity contribution is -0.385. The highest BCUT2D eigenvalue weighted by atomic mass is 31.0. The first-order valence-electron chi connectivity index (χ1n) is 18.5. The number of carbonyl (C=O) groups excluding carboxylic acids is 2. The number of nitro groups is 1. The number of fused-ring (bicyclic) bond motifs is 8. The maximum absolute atomic E-state index is 14.0. The standard InChI is InChI=1S/C43H38N5O8P/c1-24-8-9-36-28(10-24)15-30-20-44-34-18-40(38(53-2)16-32(34)42(49)46(30)36)55-22-25-11-26(13-29(12-25)48(51)52)23-56-41-19-37-33(17-39(41)54-3)43(50)47-31(21-45(37)57)14-27-6-4-5-7-35(27)47/h4-13,16-20,30-31H,14-15,21-23,57H2,1-3H3/t30-,31-/m0/s1. The molecule has 0 N–H and O–H groups in total. The minimum atomic E-state index is -0.465. The van der Waals surface area contributed by atoms with Gasteiger partial charge < -0.3 is 28.5 Å². The highest BCUT2D eigenvalue weighted by Crippen LogP contribution is 2.44. The van der Waals surface area contributed by atoms with E-state index in [1.165, 1.54) is 26.4 Å². The lowest BCUT2D eigenvalue weighted by Gasteiger charge is -2.24. The zero-order valence-corrected chi connectivity index (χ0v) is 32.6. The molecule has 2 amide bonds. The lowest BCUT2D eigenvalue weighted by atomic mass is 10.1. The molecule has 5 aromatic carbocycles. The third-order valence-corrected chi connectivity index (χ3v) is 11.4. The summed E-state index contributed by atoms with van der Waals surface area (Å²) >= 11 is 0. The minimum absolute atomic E-state index is 0.0316. The number of hydrogen-bond acceptors (Lipinski definition) is 10. The Morgan fingerprint density at radius 1 is 0.754 bits per heavy atom. The van der Waals surface area contributed by atoms with Crippen LogP contribution in [-0.2, 0) is 26.1 Å². The van der Waals surface area contributed by atoms with Gasteiger partial charge in [0.15, 0.2) is 23.0 Å². The quantitative estimate of drug-likeness (QED) is 0.0844. The Balaban J connectivity index is 0.954. The van der Waals surface area contributed by atoms with E-state index >= 15 is 0 Å². The Morgan fingerprint density at radius 3 is 2.14 bits per heavy atom. The molecule has 0 spiro atoms. The summed E-state index contributed by atoms with van der Waals surface area (Å²) in [5.41, 5.74) is 8.03. The van der Waals surface area contributed by atoms with Gasteiger partial charge in [0.25, 0.3) is 17.5 Å².